The molecule has 1 atom stereocenters. The molecular formula is C17H15ClO3. The van der Waals surface area contributed by atoms with Crippen molar-refractivity contribution in [2.75, 3.05) is 0 Å². The fourth-order valence-corrected chi connectivity index (χ4v) is 2.97. The Morgan fingerprint density at radius 1 is 1.24 bits per heavy atom. The Morgan fingerprint density at radius 3 is 2.76 bits per heavy atom. The van der Waals surface area contributed by atoms with Gasteiger partial charge in [0.1, 0.15) is 11.4 Å². The number of halogens is 1. The number of carboxylic acids is 1. The second-order valence-corrected chi connectivity index (χ2v) is 5.85. The summed E-state index contributed by atoms with van der Waals surface area (Å²) in [6.45, 7) is 1.92. The van der Waals surface area contributed by atoms with Crippen LogP contribution in [0.2, 0.25) is 5.02 Å². The first-order chi connectivity index (χ1) is 9.99. The van der Waals surface area contributed by atoms with Crippen molar-refractivity contribution >= 4 is 17.6 Å². The Hall–Kier alpha value is -2.00. The summed E-state index contributed by atoms with van der Waals surface area (Å²) in [6.07, 6.45) is 0.439. The van der Waals surface area contributed by atoms with Crippen molar-refractivity contribution in [3.8, 4) is 16.9 Å². The summed E-state index contributed by atoms with van der Waals surface area (Å²) < 4.78 is 6.13. The molecule has 0 spiro atoms. The normalized spacial score (nSPS) is 19.3. The summed E-state index contributed by atoms with van der Waals surface area (Å²) in [4.78, 5) is 10.9. The molecule has 3 rings (SSSR count). The minimum Gasteiger partial charge on any atom is -0.482 e. The molecule has 21 heavy (non-hydrogen) atoms. The van der Waals surface area contributed by atoms with Crippen molar-refractivity contribution in [2.24, 2.45) is 0 Å². The number of hydrogen-bond acceptors (Lipinski definition) is 2. The van der Waals surface area contributed by atoms with Crippen LogP contribution in [0.4, 0.5) is 0 Å². The van der Waals surface area contributed by atoms with Crippen LogP contribution in [0, 0.1) is 0 Å². The summed E-state index contributed by atoms with van der Waals surface area (Å²) in [6, 6.07) is 13.5. The number of ether oxygens (including phenoxy) is 1. The van der Waals surface area contributed by atoms with Crippen LogP contribution in [0.3, 0.4) is 0 Å². The van der Waals surface area contributed by atoms with Crippen LogP contribution in [0.15, 0.2) is 42.5 Å². The van der Waals surface area contributed by atoms with Gasteiger partial charge in [0.05, 0.1) is 0 Å². The molecule has 0 fully saturated rings. The first-order valence-corrected chi connectivity index (χ1v) is 7.18. The number of fused-ring (bicyclic) bond motifs is 3. The molecule has 0 amide bonds. The lowest BCUT2D eigenvalue weighted by molar-refractivity contribution is -0.138. The van der Waals surface area contributed by atoms with Gasteiger partial charge < -0.3 is 9.84 Å². The van der Waals surface area contributed by atoms with Gasteiger partial charge in [-0.3, -0.25) is 4.79 Å². The molecule has 1 N–H and O–H groups in total. The van der Waals surface area contributed by atoms with Gasteiger partial charge in [-0.1, -0.05) is 35.9 Å². The number of para-hydroxylation sites is 1. The smallest absolute Gasteiger partial charge is 0.303 e. The number of carbonyl (C=O) groups is 1. The standard InChI is InChI=1S/C17H15ClO3/c1-17(9-8-16(19)20)14-10-11(18)6-7-12(14)13-4-2-3-5-15(13)21-17/h2-7,10H,8-9H2,1H3,(H,19,20). The average molecular weight is 303 g/mol. The van der Waals surface area contributed by atoms with E-state index in [2.05, 4.69) is 0 Å². The summed E-state index contributed by atoms with van der Waals surface area (Å²) in [7, 11) is 0. The minimum atomic E-state index is -0.831. The van der Waals surface area contributed by atoms with Gasteiger partial charge in [0.2, 0.25) is 0 Å². The highest BCUT2D eigenvalue weighted by molar-refractivity contribution is 6.30. The maximum absolute atomic E-state index is 10.9. The van der Waals surface area contributed by atoms with E-state index < -0.39 is 11.6 Å². The zero-order valence-corrected chi connectivity index (χ0v) is 12.4. The van der Waals surface area contributed by atoms with Crippen LogP contribution in [-0.2, 0) is 10.4 Å². The van der Waals surface area contributed by atoms with Gasteiger partial charge in [0, 0.05) is 29.0 Å². The monoisotopic (exact) mass is 302 g/mol. The van der Waals surface area contributed by atoms with Crippen LogP contribution in [0.1, 0.15) is 25.3 Å². The molecule has 0 saturated heterocycles. The van der Waals surface area contributed by atoms with E-state index in [4.69, 9.17) is 21.4 Å². The number of carboxylic acid groups (broad SMARTS) is 1. The number of rotatable bonds is 3. The van der Waals surface area contributed by atoms with Crippen molar-refractivity contribution in [1.82, 2.24) is 0 Å². The predicted molar refractivity (Wildman–Crippen MR) is 81.7 cm³/mol. The lowest BCUT2D eigenvalue weighted by Crippen LogP contribution is -2.33. The molecule has 0 radical (unpaired) electrons. The fourth-order valence-electron chi connectivity index (χ4n) is 2.80. The zero-order valence-electron chi connectivity index (χ0n) is 11.6. The van der Waals surface area contributed by atoms with E-state index in [0.717, 1.165) is 22.4 Å². The van der Waals surface area contributed by atoms with Gasteiger partial charge in [-0.25, -0.2) is 0 Å². The quantitative estimate of drug-likeness (QED) is 0.909. The average Bonchev–Trinajstić information content (AvgIpc) is 2.46. The third-order valence-corrected chi connectivity index (χ3v) is 4.11. The van der Waals surface area contributed by atoms with Crippen molar-refractivity contribution < 1.29 is 14.6 Å². The predicted octanol–water partition coefficient (Wildman–Crippen LogP) is 4.48. The third kappa shape index (κ3) is 2.49. The highest BCUT2D eigenvalue weighted by atomic mass is 35.5. The number of benzene rings is 2. The van der Waals surface area contributed by atoms with E-state index in [1.807, 2.05) is 49.4 Å². The van der Waals surface area contributed by atoms with Gasteiger partial charge >= 0.3 is 5.97 Å². The maximum atomic E-state index is 10.9. The molecule has 0 bridgehead atoms. The Labute approximate surface area is 128 Å². The molecule has 2 aromatic carbocycles. The first-order valence-electron chi connectivity index (χ1n) is 6.80. The molecule has 108 valence electrons. The van der Waals surface area contributed by atoms with Crippen LogP contribution >= 0.6 is 11.6 Å². The SMILES string of the molecule is CC1(CCC(=O)O)Oc2ccccc2-c2ccc(Cl)cc21. The number of aliphatic carboxylic acids is 1. The Kier molecular flexibility index (Phi) is 3.38. The molecule has 1 aliphatic heterocycles. The second kappa shape index (κ2) is 5.08. The van der Waals surface area contributed by atoms with Gasteiger partial charge in [-0.15, -0.1) is 0 Å². The summed E-state index contributed by atoms with van der Waals surface area (Å²) >= 11 is 6.12. The molecule has 0 saturated carbocycles. The van der Waals surface area contributed by atoms with E-state index in [1.54, 1.807) is 0 Å². The molecule has 2 aromatic rings. The second-order valence-electron chi connectivity index (χ2n) is 5.41. The third-order valence-electron chi connectivity index (χ3n) is 3.88. The Morgan fingerprint density at radius 2 is 2.00 bits per heavy atom. The lowest BCUT2D eigenvalue weighted by Gasteiger charge is -2.37. The minimum absolute atomic E-state index is 0.0463. The van der Waals surface area contributed by atoms with Crippen molar-refractivity contribution in [1.29, 1.82) is 0 Å². The first kappa shape index (κ1) is 14.0. The van der Waals surface area contributed by atoms with Gasteiger partial charge in [0.15, 0.2) is 0 Å². The maximum Gasteiger partial charge on any atom is 0.303 e. The van der Waals surface area contributed by atoms with Crippen molar-refractivity contribution in [2.45, 2.75) is 25.4 Å². The molecule has 1 heterocycles. The van der Waals surface area contributed by atoms with Gasteiger partial charge in [-0.05, 0) is 30.7 Å². The molecule has 1 aliphatic rings. The molecular weight excluding hydrogens is 288 g/mol. The molecule has 0 aromatic heterocycles. The van der Waals surface area contributed by atoms with Crippen molar-refractivity contribution in [3.63, 3.8) is 0 Å². The van der Waals surface area contributed by atoms with Crippen LogP contribution in [0.25, 0.3) is 11.1 Å². The van der Waals surface area contributed by atoms with Crippen LogP contribution < -0.4 is 4.74 Å². The highest BCUT2D eigenvalue weighted by Gasteiger charge is 2.37. The molecule has 1 unspecified atom stereocenters. The summed E-state index contributed by atoms with van der Waals surface area (Å²) in [5.41, 5.74) is 2.31. The van der Waals surface area contributed by atoms with E-state index >= 15 is 0 Å². The van der Waals surface area contributed by atoms with Crippen molar-refractivity contribution in [3.05, 3.63) is 53.1 Å². The Balaban J connectivity index is 2.14. The van der Waals surface area contributed by atoms with E-state index in [1.165, 1.54) is 0 Å². The molecule has 4 heteroatoms. The fraction of sp³-hybridized carbons (Fsp3) is 0.235. The van der Waals surface area contributed by atoms with Crippen LogP contribution in [-0.4, -0.2) is 11.1 Å². The zero-order chi connectivity index (χ0) is 15.0. The largest absolute Gasteiger partial charge is 0.482 e. The molecule has 0 aliphatic carbocycles. The topological polar surface area (TPSA) is 46.5 Å². The van der Waals surface area contributed by atoms with Gasteiger partial charge in [0.25, 0.3) is 0 Å². The molecule has 3 nitrogen and oxygen atoms in total. The van der Waals surface area contributed by atoms with Crippen LogP contribution in [0.5, 0.6) is 5.75 Å². The number of hydrogen-bond donors (Lipinski definition) is 1. The summed E-state index contributed by atoms with van der Waals surface area (Å²) in [5.74, 6) is -0.0533. The van der Waals surface area contributed by atoms with Gasteiger partial charge in [-0.2, -0.15) is 0 Å². The summed E-state index contributed by atoms with van der Waals surface area (Å²) in [5, 5.41) is 9.60. The highest BCUT2D eigenvalue weighted by Crippen LogP contribution is 2.47. The van der Waals surface area contributed by atoms with E-state index in [0.29, 0.717) is 11.4 Å². The lowest BCUT2D eigenvalue weighted by atomic mass is 9.82. The van der Waals surface area contributed by atoms with E-state index in [-0.39, 0.29) is 6.42 Å². The van der Waals surface area contributed by atoms with E-state index in [9.17, 15) is 4.79 Å². The Bertz CT molecular complexity index is 711.